The van der Waals surface area contributed by atoms with Crippen molar-refractivity contribution < 1.29 is 24.5 Å². The van der Waals surface area contributed by atoms with Gasteiger partial charge in [0.1, 0.15) is 11.4 Å². The van der Waals surface area contributed by atoms with Crippen molar-refractivity contribution in [2.75, 3.05) is 36.8 Å². The highest BCUT2D eigenvalue weighted by Crippen LogP contribution is 2.36. The van der Waals surface area contributed by atoms with Gasteiger partial charge in [-0.15, -0.1) is 0 Å². The van der Waals surface area contributed by atoms with Crippen LogP contribution in [-0.2, 0) is 22.5 Å². The monoisotopic (exact) mass is 716 g/mol. The number of carbonyl (C=O) groups is 2. The summed E-state index contributed by atoms with van der Waals surface area (Å²) in [4.78, 5) is 47.2. The van der Waals surface area contributed by atoms with Gasteiger partial charge in [-0.25, -0.2) is 4.79 Å². The van der Waals surface area contributed by atoms with Crippen LogP contribution in [0.3, 0.4) is 0 Å². The Labute approximate surface area is 307 Å². The first-order valence-electron chi connectivity index (χ1n) is 18.1. The molecule has 1 atom stereocenters. The van der Waals surface area contributed by atoms with Crippen LogP contribution in [0.4, 0.5) is 16.2 Å². The van der Waals surface area contributed by atoms with Crippen molar-refractivity contribution in [3.05, 3.63) is 118 Å². The number of nitrogens with one attached hydrogen (secondary N) is 4. The maximum Gasteiger partial charge on any atom is 0.412 e. The fourth-order valence-electron chi connectivity index (χ4n) is 7.28. The first-order valence-corrected chi connectivity index (χ1v) is 18.1. The summed E-state index contributed by atoms with van der Waals surface area (Å²) < 4.78 is 6.08. The van der Waals surface area contributed by atoms with Crippen molar-refractivity contribution in [3.8, 4) is 16.9 Å². The van der Waals surface area contributed by atoms with Gasteiger partial charge in [-0.05, 0) is 59.9 Å². The molecule has 12 nitrogen and oxygen atoms in total. The number of nitrogens with zero attached hydrogens (tertiary/aromatic N) is 2. The van der Waals surface area contributed by atoms with E-state index in [0.717, 1.165) is 61.3 Å². The number of aromatic amines is 1. The third-order valence-electron chi connectivity index (χ3n) is 10.3. The minimum Gasteiger partial charge on any atom is -0.506 e. The third kappa shape index (κ3) is 8.74. The van der Waals surface area contributed by atoms with Crippen LogP contribution >= 0.6 is 0 Å². The molecule has 0 radical (unpaired) electrons. The third-order valence-corrected chi connectivity index (χ3v) is 10.3. The average molecular weight is 717 g/mol. The molecule has 3 aliphatic heterocycles. The van der Waals surface area contributed by atoms with Gasteiger partial charge in [-0.1, -0.05) is 48.5 Å². The first kappa shape index (κ1) is 35.8. The lowest BCUT2D eigenvalue weighted by Gasteiger charge is -2.47. The lowest BCUT2D eigenvalue weighted by molar-refractivity contribution is -0.116. The van der Waals surface area contributed by atoms with Crippen molar-refractivity contribution in [3.63, 3.8) is 0 Å². The Morgan fingerprint density at radius 1 is 0.943 bits per heavy atom. The molecule has 274 valence electrons. The quantitative estimate of drug-likeness (QED) is 0.0874. The molecule has 8 rings (SSSR count). The van der Waals surface area contributed by atoms with Crippen LogP contribution in [0.15, 0.2) is 95.9 Å². The van der Waals surface area contributed by atoms with Crippen LogP contribution in [0.1, 0.15) is 55.0 Å². The lowest BCUT2D eigenvalue weighted by Crippen LogP contribution is -2.54. The van der Waals surface area contributed by atoms with Crippen LogP contribution in [0.2, 0.25) is 0 Å². The summed E-state index contributed by atoms with van der Waals surface area (Å²) in [5, 5.41) is 30.6. The van der Waals surface area contributed by atoms with E-state index in [1.807, 2.05) is 48.5 Å². The lowest BCUT2D eigenvalue weighted by atomic mass is 9.83. The highest BCUT2D eigenvalue weighted by atomic mass is 16.6. The second kappa shape index (κ2) is 16.0. The summed E-state index contributed by atoms with van der Waals surface area (Å²) in [5.74, 6) is -0.183. The van der Waals surface area contributed by atoms with Crippen molar-refractivity contribution in [1.82, 2.24) is 20.2 Å². The van der Waals surface area contributed by atoms with Crippen LogP contribution in [0, 0.1) is 0 Å². The summed E-state index contributed by atoms with van der Waals surface area (Å²) in [6.45, 7) is 3.49. The Morgan fingerprint density at radius 2 is 1.74 bits per heavy atom. The second-order valence-electron chi connectivity index (χ2n) is 13.9. The predicted octanol–water partition coefficient (Wildman–Crippen LogP) is 5.87. The van der Waals surface area contributed by atoms with E-state index in [9.17, 15) is 24.6 Å². The molecule has 0 spiro atoms. The molecule has 0 saturated carbocycles. The van der Waals surface area contributed by atoms with E-state index >= 15 is 0 Å². The van der Waals surface area contributed by atoms with Crippen LogP contribution < -0.4 is 21.5 Å². The number of hydrogen-bond acceptors (Lipinski definition) is 9. The van der Waals surface area contributed by atoms with Gasteiger partial charge in [0, 0.05) is 75.4 Å². The van der Waals surface area contributed by atoms with Gasteiger partial charge in [0.15, 0.2) is 0 Å². The number of piperidine rings is 3. The molecule has 3 saturated heterocycles. The number of aliphatic hydroxyl groups excluding tert-OH is 1. The number of aryl methyl sites for hydroxylation is 1. The zero-order chi connectivity index (χ0) is 36.8. The number of benzene rings is 3. The summed E-state index contributed by atoms with van der Waals surface area (Å²) in [6, 6.07) is 25.6. The molecule has 2 aromatic heterocycles. The van der Waals surface area contributed by atoms with Gasteiger partial charge in [-0.2, -0.15) is 0 Å². The SMILES string of the molecule is O=C(CCCc1ccc(-c2ccccc2)c(NC(=O)OC23CCN(CC2)CC3)c1)Nc1ccc(CNCC(O)c2ccc(O)c3[nH]c(=O)ccc23)nc1. The maximum atomic E-state index is 13.2. The number of amides is 2. The number of aliphatic hydroxyl groups is 1. The number of aromatic nitrogens is 2. The number of aromatic hydroxyl groups is 1. The number of fused-ring (bicyclic) bond motifs is 4. The van der Waals surface area contributed by atoms with Crippen LogP contribution in [-0.4, -0.2) is 68.9 Å². The number of rotatable bonds is 13. The topological polar surface area (TPSA) is 169 Å². The zero-order valence-electron chi connectivity index (χ0n) is 29.4. The largest absolute Gasteiger partial charge is 0.506 e. The maximum absolute atomic E-state index is 13.2. The van der Waals surface area contributed by atoms with E-state index in [1.54, 1.807) is 30.5 Å². The van der Waals surface area contributed by atoms with E-state index in [-0.39, 0.29) is 34.9 Å². The number of anilines is 2. The van der Waals surface area contributed by atoms with Crippen LogP contribution in [0.25, 0.3) is 22.0 Å². The van der Waals surface area contributed by atoms with Gasteiger partial charge < -0.3 is 35.5 Å². The Bertz CT molecular complexity index is 2120. The molecule has 12 heteroatoms. The number of pyridine rings is 2. The van der Waals surface area contributed by atoms with E-state index in [2.05, 4.69) is 30.8 Å². The average Bonchev–Trinajstić information content (AvgIpc) is 3.17. The number of carbonyl (C=O) groups excluding carboxylic acids is 2. The Balaban J connectivity index is 0.892. The van der Waals surface area contributed by atoms with Gasteiger partial charge in [-0.3, -0.25) is 19.9 Å². The van der Waals surface area contributed by atoms with E-state index in [0.29, 0.717) is 48.1 Å². The van der Waals surface area contributed by atoms with Crippen molar-refractivity contribution in [1.29, 1.82) is 0 Å². The summed E-state index contributed by atoms with van der Waals surface area (Å²) in [6.07, 6.45) is 4.46. The highest BCUT2D eigenvalue weighted by molar-refractivity contribution is 5.92. The summed E-state index contributed by atoms with van der Waals surface area (Å²) >= 11 is 0. The molecule has 53 heavy (non-hydrogen) atoms. The molecule has 1 unspecified atom stereocenters. The Kier molecular flexibility index (Phi) is 10.8. The fourth-order valence-corrected chi connectivity index (χ4v) is 7.28. The minimum atomic E-state index is -0.886. The number of phenolic OH excluding ortho intramolecular Hbond substituents is 1. The normalized spacial score (nSPS) is 18.4. The summed E-state index contributed by atoms with van der Waals surface area (Å²) in [5.41, 5.74) is 5.05. The Hall–Kier alpha value is -5.56. The molecule has 2 bridgehead atoms. The molecule has 5 aromatic rings. The molecule has 3 fully saturated rings. The molecule has 2 amide bonds. The predicted molar refractivity (Wildman–Crippen MR) is 204 cm³/mol. The summed E-state index contributed by atoms with van der Waals surface area (Å²) in [7, 11) is 0. The molecular weight excluding hydrogens is 672 g/mol. The van der Waals surface area contributed by atoms with Gasteiger partial charge >= 0.3 is 6.09 Å². The van der Waals surface area contributed by atoms with Crippen LogP contribution in [0.5, 0.6) is 5.75 Å². The molecule has 6 N–H and O–H groups in total. The highest BCUT2D eigenvalue weighted by Gasteiger charge is 2.42. The molecule has 5 heterocycles. The first-order chi connectivity index (χ1) is 25.7. The number of ether oxygens (including phenoxy) is 1. The van der Waals surface area contributed by atoms with Gasteiger partial charge in [0.05, 0.1) is 34.9 Å². The Morgan fingerprint density at radius 3 is 2.49 bits per heavy atom. The molecule has 3 aromatic carbocycles. The van der Waals surface area contributed by atoms with Gasteiger partial charge in [0.25, 0.3) is 0 Å². The molecule has 0 aliphatic carbocycles. The zero-order valence-corrected chi connectivity index (χ0v) is 29.4. The van der Waals surface area contributed by atoms with Crippen molar-refractivity contribution in [2.45, 2.75) is 56.8 Å². The number of phenols is 1. The molecule has 3 aliphatic rings. The van der Waals surface area contributed by atoms with Crippen molar-refractivity contribution >= 4 is 34.3 Å². The smallest absolute Gasteiger partial charge is 0.412 e. The second-order valence-corrected chi connectivity index (χ2v) is 13.9. The van der Waals surface area contributed by atoms with E-state index in [4.69, 9.17) is 4.74 Å². The van der Waals surface area contributed by atoms with Crippen molar-refractivity contribution in [2.24, 2.45) is 0 Å². The van der Waals surface area contributed by atoms with E-state index < -0.39 is 12.2 Å². The van der Waals surface area contributed by atoms with E-state index in [1.165, 1.54) is 12.1 Å². The fraction of sp³-hybridized carbons (Fsp3) is 0.317. The minimum absolute atomic E-state index is 0.0620. The number of hydrogen-bond donors (Lipinski definition) is 6. The molecular formula is C41H44N6O6. The number of H-pyrrole nitrogens is 1. The van der Waals surface area contributed by atoms with Gasteiger partial charge in [0.2, 0.25) is 11.5 Å². The standard InChI is InChI=1S/C41H44N6O6/c48-35-15-13-32(33-14-16-38(51)46-39(33)35)36(49)26-42-24-29-10-11-30(25-43-29)44-37(50)8-4-5-27-9-12-31(28-6-2-1-3-7-28)34(23-27)45-40(52)53-41-17-20-47(21-18-41)22-19-41/h1-3,6-7,9-16,23,25,36,42,48-49H,4-5,8,17-22,24,26H2,(H,44,50)(H,45,52)(H,46,51).